The molecule has 4 nitrogen and oxygen atoms in total. The Balaban J connectivity index is 2.22. The average molecular weight is 254 g/mol. The lowest BCUT2D eigenvalue weighted by molar-refractivity contribution is 0.0544. The van der Waals surface area contributed by atoms with E-state index in [-0.39, 0.29) is 0 Å². The molecule has 1 rings (SSSR count). The zero-order chi connectivity index (χ0) is 13.2. The van der Waals surface area contributed by atoms with Crippen molar-refractivity contribution >= 4 is 0 Å². The van der Waals surface area contributed by atoms with E-state index in [4.69, 9.17) is 14.2 Å². The van der Waals surface area contributed by atoms with Crippen LogP contribution in [0.3, 0.4) is 0 Å². The number of benzene rings is 1. The molecule has 0 fully saturated rings. The van der Waals surface area contributed by atoms with Crippen LogP contribution in [-0.2, 0) is 9.47 Å². The molecule has 102 valence electrons. The SMILES string of the molecule is CC[C@H](O)c1ccc(OCCOCCOC)cc1. The average Bonchev–Trinajstić information content (AvgIpc) is 2.42. The molecule has 0 bridgehead atoms. The highest BCUT2D eigenvalue weighted by Gasteiger charge is 2.04. The van der Waals surface area contributed by atoms with Crippen molar-refractivity contribution in [2.45, 2.75) is 19.4 Å². The van der Waals surface area contributed by atoms with Crippen molar-refractivity contribution in [1.82, 2.24) is 0 Å². The summed E-state index contributed by atoms with van der Waals surface area (Å²) in [5, 5.41) is 9.64. The first-order chi connectivity index (χ1) is 8.77. The van der Waals surface area contributed by atoms with Gasteiger partial charge in [-0.15, -0.1) is 0 Å². The number of hydrogen-bond donors (Lipinski definition) is 1. The lowest BCUT2D eigenvalue weighted by Gasteiger charge is -2.10. The Morgan fingerprint density at radius 3 is 2.33 bits per heavy atom. The fraction of sp³-hybridized carbons (Fsp3) is 0.571. The topological polar surface area (TPSA) is 47.9 Å². The van der Waals surface area contributed by atoms with Crippen LogP contribution in [-0.4, -0.2) is 38.6 Å². The number of aliphatic hydroxyl groups excluding tert-OH is 1. The summed E-state index contributed by atoms with van der Waals surface area (Å²) in [5.41, 5.74) is 0.918. The molecule has 1 atom stereocenters. The molecule has 0 unspecified atom stereocenters. The second-order valence-corrected chi connectivity index (χ2v) is 3.95. The van der Waals surface area contributed by atoms with Crippen molar-refractivity contribution in [2.24, 2.45) is 0 Å². The van der Waals surface area contributed by atoms with Gasteiger partial charge in [0.25, 0.3) is 0 Å². The van der Waals surface area contributed by atoms with Crippen molar-refractivity contribution in [1.29, 1.82) is 0 Å². The lowest BCUT2D eigenvalue weighted by atomic mass is 10.1. The molecule has 0 aliphatic heterocycles. The molecule has 0 aliphatic carbocycles. The van der Waals surface area contributed by atoms with Gasteiger partial charge in [-0.05, 0) is 24.1 Å². The quantitative estimate of drug-likeness (QED) is 0.686. The van der Waals surface area contributed by atoms with Crippen molar-refractivity contribution in [2.75, 3.05) is 33.5 Å². The van der Waals surface area contributed by atoms with Gasteiger partial charge in [-0.1, -0.05) is 19.1 Å². The third kappa shape index (κ3) is 5.49. The first kappa shape index (κ1) is 15.0. The predicted molar refractivity (Wildman–Crippen MR) is 69.9 cm³/mol. The molecule has 0 amide bonds. The minimum atomic E-state index is -0.392. The van der Waals surface area contributed by atoms with Crippen LogP contribution >= 0.6 is 0 Å². The number of hydrogen-bond acceptors (Lipinski definition) is 4. The maximum absolute atomic E-state index is 9.64. The van der Waals surface area contributed by atoms with Gasteiger partial charge in [0.2, 0.25) is 0 Å². The van der Waals surface area contributed by atoms with E-state index in [9.17, 15) is 5.11 Å². The fourth-order valence-corrected chi connectivity index (χ4v) is 1.48. The van der Waals surface area contributed by atoms with Crippen LogP contribution in [0.4, 0.5) is 0 Å². The molecule has 0 radical (unpaired) electrons. The van der Waals surface area contributed by atoms with Gasteiger partial charge in [0.1, 0.15) is 12.4 Å². The van der Waals surface area contributed by atoms with E-state index < -0.39 is 6.10 Å². The number of ether oxygens (including phenoxy) is 3. The minimum Gasteiger partial charge on any atom is -0.491 e. The van der Waals surface area contributed by atoms with Crippen LogP contribution in [0.5, 0.6) is 5.75 Å². The van der Waals surface area contributed by atoms with Gasteiger partial charge in [-0.25, -0.2) is 0 Å². The summed E-state index contributed by atoms with van der Waals surface area (Å²) < 4.78 is 15.7. The maximum Gasteiger partial charge on any atom is 0.119 e. The van der Waals surface area contributed by atoms with Gasteiger partial charge >= 0.3 is 0 Å². The molecule has 0 saturated carbocycles. The summed E-state index contributed by atoms with van der Waals surface area (Å²) in [5.74, 6) is 0.789. The van der Waals surface area contributed by atoms with Crippen LogP contribution in [0.25, 0.3) is 0 Å². The Morgan fingerprint density at radius 1 is 1.06 bits per heavy atom. The van der Waals surface area contributed by atoms with Gasteiger partial charge in [0, 0.05) is 7.11 Å². The van der Waals surface area contributed by atoms with Gasteiger partial charge < -0.3 is 19.3 Å². The van der Waals surface area contributed by atoms with E-state index in [1.807, 2.05) is 31.2 Å². The van der Waals surface area contributed by atoms with Crippen LogP contribution in [0.2, 0.25) is 0 Å². The Labute approximate surface area is 108 Å². The first-order valence-electron chi connectivity index (χ1n) is 6.25. The summed E-state index contributed by atoms with van der Waals surface area (Å²) in [6, 6.07) is 7.50. The fourth-order valence-electron chi connectivity index (χ4n) is 1.48. The highest BCUT2D eigenvalue weighted by molar-refractivity contribution is 5.28. The molecule has 1 aromatic carbocycles. The summed E-state index contributed by atoms with van der Waals surface area (Å²) in [6.07, 6.45) is 0.324. The van der Waals surface area contributed by atoms with Gasteiger partial charge in [0.15, 0.2) is 0 Å². The van der Waals surface area contributed by atoms with E-state index in [1.165, 1.54) is 0 Å². The van der Waals surface area contributed by atoms with Crippen LogP contribution in [0.1, 0.15) is 25.0 Å². The van der Waals surface area contributed by atoms with Crippen LogP contribution in [0, 0.1) is 0 Å². The van der Waals surface area contributed by atoms with Crippen LogP contribution in [0.15, 0.2) is 24.3 Å². The number of methoxy groups -OCH3 is 1. The zero-order valence-corrected chi connectivity index (χ0v) is 11.1. The molecule has 0 aliphatic rings. The highest BCUT2D eigenvalue weighted by Crippen LogP contribution is 2.19. The molecule has 18 heavy (non-hydrogen) atoms. The molecule has 0 heterocycles. The monoisotopic (exact) mass is 254 g/mol. The standard InChI is InChI=1S/C14H22O4/c1-3-14(15)12-4-6-13(7-5-12)18-11-10-17-9-8-16-2/h4-7,14-15H,3,8-11H2,1-2H3/t14-/m0/s1. The van der Waals surface area contributed by atoms with E-state index in [2.05, 4.69) is 0 Å². The van der Waals surface area contributed by atoms with Crippen molar-refractivity contribution < 1.29 is 19.3 Å². The molecule has 0 spiro atoms. The zero-order valence-electron chi connectivity index (χ0n) is 11.1. The largest absolute Gasteiger partial charge is 0.491 e. The highest BCUT2D eigenvalue weighted by atomic mass is 16.5. The molecule has 0 saturated heterocycles. The molecule has 1 N–H and O–H groups in total. The Morgan fingerprint density at radius 2 is 1.72 bits per heavy atom. The lowest BCUT2D eigenvalue weighted by Crippen LogP contribution is -2.10. The van der Waals surface area contributed by atoms with Crippen LogP contribution < -0.4 is 4.74 Å². The van der Waals surface area contributed by atoms with E-state index in [1.54, 1.807) is 7.11 Å². The second-order valence-electron chi connectivity index (χ2n) is 3.95. The smallest absolute Gasteiger partial charge is 0.119 e. The molecular formula is C14H22O4. The van der Waals surface area contributed by atoms with E-state index in [0.717, 1.165) is 11.3 Å². The third-order valence-electron chi connectivity index (χ3n) is 2.58. The van der Waals surface area contributed by atoms with Gasteiger partial charge in [-0.3, -0.25) is 0 Å². The van der Waals surface area contributed by atoms with Crippen molar-refractivity contribution in [3.63, 3.8) is 0 Å². The normalized spacial score (nSPS) is 12.4. The predicted octanol–water partition coefficient (Wildman–Crippen LogP) is 2.17. The summed E-state index contributed by atoms with van der Waals surface area (Å²) in [7, 11) is 1.64. The Bertz CT molecular complexity index is 310. The molecule has 0 aromatic heterocycles. The first-order valence-corrected chi connectivity index (χ1v) is 6.25. The van der Waals surface area contributed by atoms with Gasteiger partial charge in [-0.2, -0.15) is 0 Å². The van der Waals surface area contributed by atoms with E-state index in [0.29, 0.717) is 32.8 Å². The van der Waals surface area contributed by atoms with Crippen molar-refractivity contribution in [3.05, 3.63) is 29.8 Å². The number of rotatable bonds is 9. The summed E-state index contributed by atoms with van der Waals surface area (Å²) >= 11 is 0. The molecule has 4 heteroatoms. The van der Waals surface area contributed by atoms with Crippen molar-refractivity contribution in [3.8, 4) is 5.75 Å². The van der Waals surface area contributed by atoms with E-state index >= 15 is 0 Å². The van der Waals surface area contributed by atoms with Gasteiger partial charge in [0.05, 0.1) is 25.9 Å². The third-order valence-corrected chi connectivity index (χ3v) is 2.58. The summed E-state index contributed by atoms with van der Waals surface area (Å²) in [4.78, 5) is 0. The number of aliphatic hydroxyl groups is 1. The summed E-state index contributed by atoms with van der Waals surface area (Å²) in [6.45, 7) is 4.19. The second kappa shape index (κ2) is 8.91. The molecular weight excluding hydrogens is 232 g/mol. The maximum atomic E-state index is 9.64. The Kier molecular flexibility index (Phi) is 7.41. The minimum absolute atomic E-state index is 0.392. The molecule has 1 aromatic rings. The Hall–Kier alpha value is -1.10.